The lowest BCUT2D eigenvalue weighted by atomic mass is 9.79. The van der Waals surface area contributed by atoms with E-state index in [1.807, 2.05) is 0 Å². The highest BCUT2D eigenvalue weighted by Crippen LogP contribution is 2.31. The number of amides is 1. The monoisotopic (exact) mass is 268 g/mol. The predicted octanol–water partition coefficient (Wildman–Crippen LogP) is 1.83. The molecule has 4 unspecified atom stereocenters. The molecule has 0 spiro atoms. The van der Waals surface area contributed by atoms with E-state index < -0.39 is 0 Å². The summed E-state index contributed by atoms with van der Waals surface area (Å²) in [6.07, 6.45) is 9.01. The molecule has 0 bridgehead atoms. The minimum absolute atomic E-state index is 0.215. The lowest BCUT2D eigenvalue weighted by molar-refractivity contribution is -0.127. The molecule has 4 nitrogen and oxygen atoms in total. The average Bonchev–Trinajstić information content (AvgIpc) is 2.87. The first-order valence-electron chi connectivity index (χ1n) is 7.76. The highest BCUT2D eigenvalue weighted by Gasteiger charge is 2.30. The van der Waals surface area contributed by atoms with Crippen molar-refractivity contribution in [1.82, 2.24) is 5.32 Å². The quantitative estimate of drug-likeness (QED) is 0.799. The maximum absolute atomic E-state index is 12.3. The summed E-state index contributed by atoms with van der Waals surface area (Å²) in [5.74, 6) is 1.14. The molecular weight excluding hydrogens is 240 g/mol. The third kappa shape index (κ3) is 4.18. The number of carbonyl (C=O) groups is 1. The average molecular weight is 268 g/mol. The summed E-state index contributed by atoms with van der Waals surface area (Å²) in [6, 6.07) is 0.326. The zero-order chi connectivity index (χ0) is 13.7. The largest absolute Gasteiger partial charge is 0.381 e. The molecule has 0 aromatic carbocycles. The van der Waals surface area contributed by atoms with E-state index >= 15 is 0 Å². The van der Waals surface area contributed by atoms with E-state index in [-0.39, 0.29) is 11.8 Å². The zero-order valence-electron chi connectivity index (χ0n) is 12.1. The summed E-state index contributed by atoms with van der Waals surface area (Å²) in [5.41, 5.74) is 5.63. The van der Waals surface area contributed by atoms with Crippen LogP contribution in [0.3, 0.4) is 0 Å². The van der Waals surface area contributed by atoms with Crippen LogP contribution in [0.25, 0.3) is 0 Å². The third-order valence-corrected chi connectivity index (χ3v) is 4.79. The van der Waals surface area contributed by atoms with Crippen LogP contribution >= 0.6 is 0 Å². The van der Waals surface area contributed by atoms with Gasteiger partial charge in [-0.2, -0.15) is 0 Å². The van der Waals surface area contributed by atoms with Crippen molar-refractivity contribution >= 4 is 5.91 Å². The van der Waals surface area contributed by atoms with E-state index in [1.54, 1.807) is 7.11 Å². The van der Waals surface area contributed by atoms with Gasteiger partial charge in [-0.25, -0.2) is 0 Å². The fourth-order valence-electron chi connectivity index (χ4n) is 3.63. The molecule has 2 aliphatic carbocycles. The number of nitrogens with one attached hydrogen (secondary N) is 1. The van der Waals surface area contributed by atoms with Crippen molar-refractivity contribution < 1.29 is 9.53 Å². The molecular formula is C15H28N2O2. The fourth-order valence-corrected chi connectivity index (χ4v) is 3.63. The topological polar surface area (TPSA) is 64.3 Å². The van der Waals surface area contributed by atoms with Crippen LogP contribution in [0.1, 0.15) is 51.4 Å². The van der Waals surface area contributed by atoms with Crippen molar-refractivity contribution in [3.63, 3.8) is 0 Å². The molecule has 0 aromatic rings. The van der Waals surface area contributed by atoms with Crippen molar-refractivity contribution in [3.05, 3.63) is 0 Å². The fraction of sp³-hybridized carbons (Fsp3) is 0.933. The Labute approximate surface area is 116 Å². The van der Waals surface area contributed by atoms with E-state index in [0.717, 1.165) is 45.1 Å². The van der Waals surface area contributed by atoms with Gasteiger partial charge in [0.15, 0.2) is 0 Å². The van der Waals surface area contributed by atoms with Crippen LogP contribution < -0.4 is 11.1 Å². The van der Waals surface area contributed by atoms with Gasteiger partial charge in [-0.05, 0) is 51.0 Å². The van der Waals surface area contributed by atoms with E-state index in [9.17, 15) is 4.79 Å². The van der Waals surface area contributed by atoms with E-state index in [0.29, 0.717) is 18.1 Å². The van der Waals surface area contributed by atoms with Crippen LogP contribution in [0.2, 0.25) is 0 Å². The van der Waals surface area contributed by atoms with Gasteiger partial charge in [-0.1, -0.05) is 12.8 Å². The maximum atomic E-state index is 12.3. The summed E-state index contributed by atoms with van der Waals surface area (Å²) in [7, 11) is 1.76. The molecule has 3 N–H and O–H groups in total. The second-order valence-corrected chi connectivity index (χ2v) is 6.18. The summed E-state index contributed by atoms with van der Waals surface area (Å²) in [4.78, 5) is 12.3. The number of hydrogen-bond donors (Lipinski definition) is 2. The molecule has 0 saturated heterocycles. The zero-order valence-corrected chi connectivity index (χ0v) is 12.1. The SMILES string of the molecule is COC1CCC(NC(=O)C2CCCC(CCN)C2)C1. The molecule has 0 aromatic heterocycles. The second-order valence-electron chi connectivity index (χ2n) is 6.18. The van der Waals surface area contributed by atoms with Gasteiger partial charge in [0, 0.05) is 19.1 Å². The first-order valence-corrected chi connectivity index (χ1v) is 7.76. The number of hydrogen-bond acceptors (Lipinski definition) is 3. The number of methoxy groups -OCH3 is 1. The first-order chi connectivity index (χ1) is 9.22. The van der Waals surface area contributed by atoms with Crippen molar-refractivity contribution in [2.24, 2.45) is 17.6 Å². The Hall–Kier alpha value is -0.610. The molecule has 2 fully saturated rings. The van der Waals surface area contributed by atoms with E-state index in [4.69, 9.17) is 10.5 Å². The predicted molar refractivity (Wildman–Crippen MR) is 75.7 cm³/mol. The molecule has 2 saturated carbocycles. The first kappa shape index (κ1) is 14.8. The van der Waals surface area contributed by atoms with Gasteiger partial charge in [0.25, 0.3) is 0 Å². The Bertz CT molecular complexity index is 294. The van der Waals surface area contributed by atoms with Gasteiger partial charge in [0.05, 0.1) is 6.10 Å². The van der Waals surface area contributed by atoms with Gasteiger partial charge < -0.3 is 15.8 Å². The van der Waals surface area contributed by atoms with Gasteiger partial charge >= 0.3 is 0 Å². The highest BCUT2D eigenvalue weighted by molar-refractivity contribution is 5.79. The standard InChI is InChI=1S/C15H28N2O2/c1-19-14-6-5-13(10-14)17-15(18)12-4-2-3-11(9-12)7-8-16/h11-14H,2-10,16H2,1H3,(H,17,18). The van der Waals surface area contributed by atoms with Crippen LogP contribution in [-0.4, -0.2) is 31.7 Å². The van der Waals surface area contributed by atoms with Gasteiger partial charge in [-0.15, -0.1) is 0 Å². The van der Waals surface area contributed by atoms with E-state index in [2.05, 4.69) is 5.32 Å². The number of ether oxygens (including phenoxy) is 1. The Balaban J connectivity index is 1.76. The molecule has 4 atom stereocenters. The lowest BCUT2D eigenvalue weighted by Gasteiger charge is -2.29. The maximum Gasteiger partial charge on any atom is 0.223 e. The van der Waals surface area contributed by atoms with Gasteiger partial charge in [0.1, 0.15) is 0 Å². The minimum atomic E-state index is 0.215. The number of carbonyl (C=O) groups excluding carboxylic acids is 1. The summed E-state index contributed by atoms with van der Waals surface area (Å²) < 4.78 is 5.35. The van der Waals surface area contributed by atoms with Crippen LogP contribution in [0.4, 0.5) is 0 Å². The van der Waals surface area contributed by atoms with Gasteiger partial charge in [-0.3, -0.25) is 4.79 Å². The van der Waals surface area contributed by atoms with Crippen molar-refractivity contribution in [1.29, 1.82) is 0 Å². The summed E-state index contributed by atoms with van der Waals surface area (Å²) >= 11 is 0. The molecule has 2 aliphatic rings. The molecule has 0 heterocycles. The van der Waals surface area contributed by atoms with Crippen molar-refractivity contribution in [2.45, 2.75) is 63.5 Å². The molecule has 1 amide bonds. The third-order valence-electron chi connectivity index (χ3n) is 4.79. The summed E-state index contributed by atoms with van der Waals surface area (Å²) in [5, 5.41) is 3.23. The number of nitrogens with two attached hydrogens (primary N) is 1. The Morgan fingerprint density at radius 1 is 1.26 bits per heavy atom. The molecule has 2 rings (SSSR count). The Morgan fingerprint density at radius 3 is 2.79 bits per heavy atom. The Kier molecular flexibility index (Phi) is 5.64. The highest BCUT2D eigenvalue weighted by atomic mass is 16.5. The molecule has 0 aliphatic heterocycles. The van der Waals surface area contributed by atoms with Crippen LogP contribution in [-0.2, 0) is 9.53 Å². The van der Waals surface area contributed by atoms with Gasteiger partial charge in [0.2, 0.25) is 5.91 Å². The minimum Gasteiger partial charge on any atom is -0.381 e. The number of rotatable bonds is 5. The Morgan fingerprint density at radius 2 is 2.11 bits per heavy atom. The van der Waals surface area contributed by atoms with Crippen molar-refractivity contribution in [3.8, 4) is 0 Å². The smallest absolute Gasteiger partial charge is 0.223 e. The molecule has 19 heavy (non-hydrogen) atoms. The van der Waals surface area contributed by atoms with Crippen LogP contribution in [0.15, 0.2) is 0 Å². The van der Waals surface area contributed by atoms with Crippen LogP contribution in [0, 0.1) is 11.8 Å². The van der Waals surface area contributed by atoms with Crippen molar-refractivity contribution in [2.75, 3.05) is 13.7 Å². The summed E-state index contributed by atoms with van der Waals surface area (Å²) in [6.45, 7) is 0.747. The lowest BCUT2D eigenvalue weighted by Crippen LogP contribution is -2.39. The second kappa shape index (κ2) is 7.25. The van der Waals surface area contributed by atoms with E-state index in [1.165, 1.54) is 12.8 Å². The van der Waals surface area contributed by atoms with Crippen LogP contribution in [0.5, 0.6) is 0 Å². The molecule has 110 valence electrons. The molecule has 0 radical (unpaired) electrons. The normalized spacial score (nSPS) is 35.3. The molecule has 4 heteroatoms.